The molecule has 0 amide bonds. The molecule has 0 aliphatic carbocycles. The van der Waals surface area contributed by atoms with E-state index in [1.54, 1.807) is 11.6 Å². The average molecular weight is 367 g/mol. The van der Waals surface area contributed by atoms with Crippen molar-refractivity contribution in [3.8, 4) is 5.69 Å². The summed E-state index contributed by atoms with van der Waals surface area (Å²) in [5, 5.41) is 14.2. The summed E-state index contributed by atoms with van der Waals surface area (Å²) in [7, 11) is 0. The van der Waals surface area contributed by atoms with Crippen molar-refractivity contribution in [3.63, 3.8) is 0 Å². The summed E-state index contributed by atoms with van der Waals surface area (Å²) in [5.41, 5.74) is 1.96. The molecule has 0 unspecified atom stereocenters. The van der Waals surface area contributed by atoms with E-state index in [1.807, 2.05) is 24.3 Å². The molecule has 0 saturated heterocycles. The van der Waals surface area contributed by atoms with Crippen molar-refractivity contribution in [3.05, 3.63) is 51.2 Å². The van der Waals surface area contributed by atoms with Crippen molar-refractivity contribution >= 4 is 44.5 Å². The quantitative estimate of drug-likeness (QED) is 0.748. The summed E-state index contributed by atoms with van der Waals surface area (Å²) in [4.78, 5) is 15.3. The fraction of sp³-hybridized carbons (Fsp3) is 0.0714. The second kappa shape index (κ2) is 5.13. The normalized spacial score (nSPS) is 11.0. The Balaban J connectivity index is 2.30. The van der Waals surface area contributed by atoms with Crippen molar-refractivity contribution in [1.29, 1.82) is 0 Å². The third kappa shape index (κ3) is 2.30. The molecule has 0 spiro atoms. The summed E-state index contributed by atoms with van der Waals surface area (Å²) in [6.45, 7) is 1.77. The Morgan fingerprint density at radius 2 is 2.00 bits per heavy atom. The molecule has 0 radical (unpaired) electrons. The van der Waals surface area contributed by atoms with Crippen LogP contribution in [0.1, 0.15) is 16.1 Å². The van der Waals surface area contributed by atoms with Gasteiger partial charge in [-0.1, -0.05) is 27.5 Å². The predicted molar refractivity (Wildman–Crippen MR) is 83.3 cm³/mol. The largest absolute Gasteiger partial charge is 0.478 e. The minimum absolute atomic E-state index is 0.0253. The number of hydrogen-bond donors (Lipinski definition) is 1. The van der Waals surface area contributed by atoms with E-state index < -0.39 is 5.97 Å². The van der Waals surface area contributed by atoms with Crippen molar-refractivity contribution in [2.75, 3.05) is 0 Å². The molecular formula is C14H9BrClN3O2. The van der Waals surface area contributed by atoms with Gasteiger partial charge in [0.25, 0.3) is 0 Å². The fourth-order valence-corrected chi connectivity index (χ4v) is 2.73. The summed E-state index contributed by atoms with van der Waals surface area (Å²) in [6.07, 6.45) is 1.25. The highest BCUT2D eigenvalue weighted by Gasteiger charge is 2.19. The van der Waals surface area contributed by atoms with Crippen LogP contribution >= 0.6 is 27.5 Å². The molecule has 0 saturated carbocycles. The van der Waals surface area contributed by atoms with E-state index in [1.165, 1.54) is 6.20 Å². The number of halogens is 2. The van der Waals surface area contributed by atoms with Gasteiger partial charge in [-0.3, -0.25) is 0 Å². The first-order valence-corrected chi connectivity index (χ1v) is 7.19. The van der Waals surface area contributed by atoms with Gasteiger partial charge >= 0.3 is 5.97 Å². The molecule has 0 fully saturated rings. The first kappa shape index (κ1) is 14.0. The van der Waals surface area contributed by atoms with Gasteiger partial charge in [0.15, 0.2) is 5.65 Å². The van der Waals surface area contributed by atoms with Gasteiger partial charge in [0.1, 0.15) is 0 Å². The van der Waals surface area contributed by atoms with Crippen molar-refractivity contribution in [2.45, 2.75) is 6.92 Å². The second-order valence-corrected chi connectivity index (χ2v) is 5.76. The van der Waals surface area contributed by atoms with Crippen molar-refractivity contribution < 1.29 is 9.90 Å². The number of benzene rings is 1. The molecule has 0 atom stereocenters. The highest BCUT2D eigenvalue weighted by Crippen LogP contribution is 2.30. The highest BCUT2D eigenvalue weighted by molar-refractivity contribution is 9.10. The maximum Gasteiger partial charge on any atom is 0.338 e. The number of hydrogen-bond acceptors (Lipinski definition) is 3. The Bertz CT molecular complexity index is 859. The average Bonchev–Trinajstić information content (AvgIpc) is 2.78. The van der Waals surface area contributed by atoms with Gasteiger partial charge in [-0.05, 0) is 31.2 Å². The van der Waals surface area contributed by atoms with Crippen LogP contribution in [0.3, 0.4) is 0 Å². The molecule has 1 N–H and O–H groups in total. The summed E-state index contributed by atoms with van der Waals surface area (Å²) in [5.74, 6) is -1.11. The van der Waals surface area contributed by atoms with Crippen LogP contribution in [0, 0.1) is 6.92 Å². The summed E-state index contributed by atoms with van der Waals surface area (Å²) >= 11 is 9.56. The molecular weight excluding hydrogens is 358 g/mol. The molecule has 3 rings (SSSR count). The number of fused-ring (bicyclic) bond motifs is 1. The Morgan fingerprint density at radius 1 is 1.33 bits per heavy atom. The lowest BCUT2D eigenvalue weighted by Gasteiger charge is -2.04. The first-order chi connectivity index (χ1) is 9.99. The fourth-order valence-electron chi connectivity index (χ4n) is 2.12. The second-order valence-electron chi connectivity index (χ2n) is 4.46. The van der Waals surface area contributed by atoms with Crippen LogP contribution in [0.15, 0.2) is 34.9 Å². The SMILES string of the molecule is Cc1nn(-c2ccc(Br)cc2)c2ncc(C(=O)O)c(Cl)c12. The zero-order valence-corrected chi connectivity index (χ0v) is 13.2. The monoisotopic (exact) mass is 365 g/mol. The van der Waals surface area contributed by atoms with Gasteiger partial charge < -0.3 is 5.11 Å². The Morgan fingerprint density at radius 3 is 2.62 bits per heavy atom. The summed E-state index contributed by atoms with van der Waals surface area (Å²) < 4.78 is 2.60. The maximum absolute atomic E-state index is 11.1. The van der Waals surface area contributed by atoms with E-state index in [0.717, 1.165) is 10.2 Å². The van der Waals surface area contributed by atoms with Crippen molar-refractivity contribution in [2.24, 2.45) is 0 Å². The molecule has 1 aromatic carbocycles. The van der Waals surface area contributed by atoms with Gasteiger partial charge in [0, 0.05) is 10.7 Å². The van der Waals surface area contributed by atoms with E-state index >= 15 is 0 Å². The Hall–Kier alpha value is -1.92. The lowest BCUT2D eigenvalue weighted by molar-refractivity contribution is 0.0697. The Kier molecular flexibility index (Phi) is 3.43. The van der Waals surface area contributed by atoms with Gasteiger partial charge in [-0.25, -0.2) is 14.5 Å². The Labute approximate surface area is 133 Å². The molecule has 21 heavy (non-hydrogen) atoms. The van der Waals surface area contributed by atoms with E-state index in [9.17, 15) is 4.79 Å². The number of carboxylic acid groups (broad SMARTS) is 1. The first-order valence-electron chi connectivity index (χ1n) is 6.02. The van der Waals surface area contributed by atoms with Crippen LogP contribution in [0.2, 0.25) is 5.02 Å². The van der Waals surface area contributed by atoms with Crippen LogP contribution in [0.4, 0.5) is 0 Å². The molecule has 0 aliphatic heterocycles. The molecule has 106 valence electrons. The molecule has 7 heteroatoms. The number of carboxylic acids is 1. The lowest BCUT2D eigenvalue weighted by Crippen LogP contribution is -2.01. The van der Waals surface area contributed by atoms with Gasteiger partial charge in [0.2, 0.25) is 0 Å². The van der Waals surface area contributed by atoms with Crippen LogP contribution in [0.5, 0.6) is 0 Å². The maximum atomic E-state index is 11.1. The smallest absolute Gasteiger partial charge is 0.338 e. The van der Waals surface area contributed by atoms with Gasteiger partial charge in [0.05, 0.1) is 27.4 Å². The number of rotatable bonds is 2. The minimum atomic E-state index is -1.11. The highest BCUT2D eigenvalue weighted by atomic mass is 79.9. The number of aromatic carboxylic acids is 1. The molecule has 0 aliphatic rings. The third-order valence-electron chi connectivity index (χ3n) is 3.11. The lowest BCUT2D eigenvalue weighted by atomic mass is 10.2. The topological polar surface area (TPSA) is 68.0 Å². The van der Waals surface area contributed by atoms with Crippen LogP contribution in [0.25, 0.3) is 16.7 Å². The van der Waals surface area contributed by atoms with Gasteiger partial charge in [-0.2, -0.15) is 5.10 Å². The molecule has 0 bridgehead atoms. The standard InChI is InChI=1S/C14H9BrClN3O2/c1-7-11-12(16)10(14(20)21)6-17-13(11)19(18-7)9-4-2-8(15)3-5-9/h2-6H,1H3,(H,20,21). The number of carbonyl (C=O) groups is 1. The zero-order chi connectivity index (χ0) is 15.1. The minimum Gasteiger partial charge on any atom is -0.478 e. The van der Waals surface area contributed by atoms with Crippen molar-refractivity contribution in [1.82, 2.24) is 14.8 Å². The third-order valence-corrected chi connectivity index (χ3v) is 4.03. The summed E-state index contributed by atoms with van der Waals surface area (Å²) in [6, 6.07) is 7.56. The van der Waals surface area contributed by atoms with Crippen LogP contribution in [-0.2, 0) is 0 Å². The van der Waals surface area contributed by atoms with E-state index in [2.05, 4.69) is 26.0 Å². The number of aromatic nitrogens is 3. The molecule has 2 aromatic heterocycles. The zero-order valence-electron chi connectivity index (χ0n) is 10.8. The van der Waals surface area contributed by atoms with Gasteiger partial charge in [-0.15, -0.1) is 0 Å². The number of aryl methyl sites for hydroxylation is 1. The number of pyridine rings is 1. The number of nitrogens with zero attached hydrogens (tertiary/aromatic N) is 3. The molecule has 5 nitrogen and oxygen atoms in total. The molecule has 2 heterocycles. The predicted octanol–water partition coefficient (Wildman–Crippen LogP) is 3.84. The van der Waals surface area contributed by atoms with Crippen LogP contribution < -0.4 is 0 Å². The van der Waals surface area contributed by atoms with E-state index in [0.29, 0.717) is 16.7 Å². The van der Waals surface area contributed by atoms with Crippen LogP contribution in [-0.4, -0.2) is 25.8 Å². The molecule has 3 aromatic rings. The van der Waals surface area contributed by atoms with E-state index in [-0.39, 0.29) is 10.6 Å². The van der Waals surface area contributed by atoms with E-state index in [4.69, 9.17) is 16.7 Å².